The van der Waals surface area contributed by atoms with Gasteiger partial charge in [-0.15, -0.1) is 0 Å². The average Bonchev–Trinajstić information content (AvgIpc) is 2.20. The molecule has 0 fully saturated rings. The Bertz CT molecular complexity index is 335. The summed E-state index contributed by atoms with van der Waals surface area (Å²) in [4.78, 5) is 10.8. The first-order valence-electron chi connectivity index (χ1n) is 5.11. The van der Waals surface area contributed by atoms with E-state index in [1.165, 1.54) is 0 Å². The molecule has 84 valence electrons. The molecular weight excluding hydrogens is 190 g/mol. The molecule has 3 N–H and O–H groups in total. The fraction of sp³-hybridized carbons (Fsp3) is 0.600. The Kier molecular flexibility index (Phi) is 3.85. The molecule has 1 aromatic heterocycles. The van der Waals surface area contributed by atoms with Gasteiger partial charge in [0.25, 0.3) is 0 Å². The minimum Gasteiger partial charge on any atom is -0.362 e. The minimum absolute atomic E-state index is 0.706. The van der Waals surface area contributed by atoms with E-state index in [-0.39, 0.29) is 0 Å². The van der Waals surface area contributed by atoms with Gasteiger partial charge in [-0.05, 0) is 13.3 Å². The number of nitrogens with zero attached hydrogens (tertiary/aromatic N) is 3. The molecule has 5 heteroatoms. The van der Waals surface area contributed by atoms with Crippen molar-refractivity contribution < 1.29 is 0 Å². The highest BCUT2D eigenvalue weighted by Gasteiger charge is 2.10. The van der Waals surface area contributed by atoms with Crippen molar-refractivity contribution in [2.75, 3.05) is 24.4 Å². The largest absolute Gasteiger partial charge is 0.362 e. The maximum absolute atomic E-state index is 5.43. The van der Waals surface area contributed by atoms with Gasteiger partial charge in [0, 0.05) is 26.1 Å². The smallest absolute Gasteiger partial charge is 0.148 e. The lowest BCUT2D eigenvalue weighted by molar-refractivity contribution is 0.824. The zero-order chi connectivity index (χ0) is 11.4. The van der Waals surface area contributed by atoms with Crippen molar-refractivity contribution >= 4 is 11.6 Å². The molecule has 0 aliphatic carbocycles. The Labute approximate surface area is 90.7 Å². The van der Waals surface area contributed by atoms with E-state index in [1.807, 2.05) is 25.9 Å². The lowest BCUT2D eigenvalue weighted by Gasteiger charge is -2.17. The molecule has 0 saturated carbocycles. The number of nitrogen functional groups attached to an aromatic ring is 1. The molecule has 0 amide bonds. The number of hydrazine groups is 1. The van der Waals surface area contributed by atoms with Crippen molar-refractivity contribution in [2.24, 2.45) is 5.84 Å². The Morgan fingerprint density at radius 2 is 2.00 bits per heavy atom. The Morgan fingerprint density at radius 1 is 1.33 bits per heavy atom. The van der Waals surface area contributed by atoms with Crippen molar-refractivity contribution in [1.82, 2.24) is 9.97 Å². The normalized spacial score (nSPS) is 10.2. The highest BCUT2D eigenvalue weighted by atomic mass is 15.3. The van der Waals surface area contributed by atoms with Gasteiger partial charge in [0.1, 0.15) is 17.5 Å². The molecule has 0 aromatic carbocycles. The van der Waals surface area contributed by atoms with E-state index >= 15 is 0 Å². The summed E-state index contributed by atoms with van der Waals surface area (Å²) in [6, 6.07) is 0. The first-order valence-corrected chi connectivity index (χ1v) is 5.11. The number of rotatable bonds is 4. The van der Waals surface area contributed by atoms with Crippen LogP contribution in [0.1, 0.15) is 24.7 Å². The van der Waals surface area contributed by atoms with E-state index in [4.69, 9.17) is 5.84 Å². The third kappa shape index (κ3) is 2.56. The average molecular weight is 209 g/mol. The Balaban J connectivity index is 3.19. The maximum atomic E-state index is 5.43. The van der Waals surface area contributed by atoms with Gasteiger partial charge in [0.2, 0.25) is 0 Å². The lowest BCUT2D eigenvalue weighted by Crippen LogP contribution is -2.18. The van der Waals surface area contributed by atoms with Gasteiger partial charge >= 0.3 is 0 Å². The number of hydrogen-bond donors (Lipinski definition) is 2. The molecule has 0 unspecified atom stereocenters. The maximum Gasteiger partial charge on any atom is 0.148 e. The fourth-order valence-electron chi connectivity index (χ4n) is 1.46. The number of anilines is 2. The summed E-state index contributed by atoms with van der Waals surface area (Å²) in [5, 5.41) is 0. The van der Waals surface area contributed by atoms with Gasteiger partial charge in [-0.1, -0.05) is 6.92 Å². The van der Waals surface area contributed by atoms with Gasteiger partial charge in [-0.25, -0.2) is 15.8 Å². The molecule has 0 radical (unpaired) electrons. The molecule has 0 saturated heterocycles. The Hall–Kier alpha value is -1.36. The highest BCUT2D eigenvalue weighted by Crippen LogP contribution is 2.21. The number of aryl methyl sites for hydroxylation is 1. The third-order valence-corrected chi connectivity index (χ3v) is 2.20. The predicted molar refractivity (Wildman–Crippen MR) is 62.9 cm³/mol. The summed E-state index contributed by atoms with van der Waals surface area (Å²) in [5.41, 5.74) is 3.59. The van der Waals surface area contributed by atoms with Crippen LogP contribution in [0.2, 0.25) is 0 Å². The van der Waals surface area contributed by atoms with Crippen LogP contribution in [0.4, 0.5) is 11.6 Å². The van der Waals surface area contributed by atoms with Crippen LogP contribution < -0.4 is 16.2 Å². The summed E-state index contributed by atoms with van der Waals surface area (Å²) >= 11 is 0. The first-order chi connectivity index (χ1) is 7.10. The van der Waals surface area contributed by atoms with Crippen LogP contribution in [0.3, 0.4) is 0 Å². The van der Waals surface area contributed by atoms with Crippen molar-refractivity contribution in [1.29, 1.82) is 0 Å². The van der Waals surface area contributed by atoms with Crippen LogP contribution in [0.25, 0.3) is 0 Å². The van der Waals surface area contributed by atoms with Crippen molar-refractivity contribution in [2.45, 2.75) is 26.7 Å². The van der Waals surface area contributed by atoms with Crippen LogP contribution in [-0.4, -0.2) is 24.1 Å². The quantitative estimate of drug-likeness (QED) is 0.574. The summed E-state index contributed by atoms with van der Waals surface area (Å²) in [6.07, 6.45) is 1.90. The molecular formula is C10H19N5. The van der Waals surface area contributed by atoms with Crippen LogP contribution in [0.15, 0.2) is 0 Å². The van der Waals surface area contributed by atoms with Crippen LogP contribution >= 0.6 is 0 Å². The van der Waals surface area contributed by atoms with Crippen molar-refractivity contribution in [3.05, 3.63) is 11.4 Å². The second kappa shape index (κ2) is 4.93. The molecule has 0 aliphatic heterocycles. The van der Waals surface area contributed by atoms with Crippen LogP contribution in [0.5, 0.6) is 0 Å². The topological polar surface area (TPSA) is 67.1 Å². The number of nitrogens with two attached hydrogens (primary N) is 1. The lowest BCUT2D eigenvalue weighted by atomic mass is 10.2. The van der Waals surface area contributed by atoms with Gasteiger partial charge in [0.05, 0.1) is 0 Å². The van der Waals surface area contributed by atoms with Gasteiger partial charge in [0.15, 0.2) is 0 Å². The summed E-state index contributed by atoms with van der Waals surface area (Å²) in [6.45, 7) is 4.06. The summed E-state index contributed by atoms with van der Waals surface area (Å²) < 4.78 is 0. The second-order valence-corrected chi connectivity index (χ2v) is 3.73. The van der Waals surface area contributed by atoms with Crippen molar-refractivity contribution in [3.8, 4) is 0 Å². The third-order valence-electron chi connectivity index (χ3n) is 2.20. The molecule has 1 rings (SSSR count). The number of aromatic nitrogens is 2. The molecule has 0 bridgehead atoms. The Morgan fingerprint density at radius 3 is 2.47 bits per heavy atom. The standard InChI is InChI=1S/C10H19N5/c1-5-6-8-12-9(14-11)7(2)10(13-8)15(3)4/h5-6,11H2,1-4H3,(H,12,13,14). The van der Waals surface area contributed by atoms with Gasteiger partial charge in [-0.2, -0.15) is 0 Å². The zero-order valence-corrected chi connectivity index (χ0v) is 9.83. The number of nitrogens with one attached hydrogen (secondary N) is 1. The zero-order valence-electron chi connectivity index (χ0n) is 9.83. The van der Waals surface area contributed by atoms with E-state index < -0.39 is 0 Å². The molecule has 0 spiro atoms. The molecule has 0 atom stereocenters. The van der Waals surface area contributed by atoms with Crippen molar-refractivity contribution in [3.63, 3.8) is 0 Å². The number of hydrogen-bond acceptors (Lipinski definition) is 5. The molecule has 1 heterocycles. The molecule has 15 heavy (non-hydrogen) atoms. The minimum atomic E-state index is 0.706. The molecule has 5 nitrogen and oxygen atoms in total. The summed E-state index contributed by atoms with van der Waals surface area (Å²) in [5.74, 6) is 7.88. The first kappa shape index (κ1) is 11.7. The summed E-state index contributed by atoms with van der Waals surface area (Å²) in [7, 11) is 3.93. The molecule has 1 aromatic rings. The predicted octanol–water partition coefficient (Wildman–Crippen LogP) is 1.09. The van der Waals surface area contributed by atoms with Gasteiger partial charge < -0.3 is 10.3 Å². The van der Waals surface area contributed by atoms with Crippen LogP contribution in [0, 0.1) is 6.92 Å². The monoisotopic (exact) mass is 209 g/mol. The fourth-order valence-corrected chi connectivity index (χ4v) is 1.46. The van der Waals surface area contributed by atoms with Crippen LogP contribution in [-0.2, 0) is 6.42 Å². The van der Waals surface area contributed by atoms with E-state index in [0.717, 1.165) is 30.0 Å². The van der Waals surface area contributed by atoms with E-state index in [1.54, 1.807) is 0 Å². The van der Waals surface area contributed by atoms with E-state index in [0.29, 0.717) is 5.82 Å². The molecule has 0 aliphatic rings. The second-order valence-electron chi connectivity index (χ2n) is 3.73. The van der Waals surface area contributed by atoms with Gasteiger partial charge in [-0.3, -0.25) is 0 Å². The van der Waals surface area contributed by atoms with E-state index in [9.17, 15) is 0 Å². The SMILES string of the molecule is CCCc1nc(NN)c(C)c(N(C)C)n1. The van der Waals surface area contributed by atoms with E-state index in [2.05, 4.69) is 22.3 Å². The highest BCUT2D eigenvalue weighted by molar-refractivity contribution is 5.57.